The van der Waals surface area contributed by atoms with Crippen LogP contribution in [0.2, 0.25) is 0 Å². The molecule has 0 spiro atoms. The third kappa shape index (κ3) is 1.92. The van der Waals surface area contributed by atoms with Gasteiger partial charge in [0.05, 0.1) is 18.2 Å². The molecule has 0 aliphatic carbocycles. The third-order valence-electron chi connectivity index (χ3n) is 3.36. The topological polar surface area (TPSA) is 88.9 Å². The number of hydrogen-bond acceptors (Lipinski definition) is 6. The zero-order valence-corrected chi connectivity index (χ0v) is 10.7. The zero-order valence-electron chi connectivity index (χ0n) is 10.7. The summed E-state index contributed by atoms with van der Waals surface area (Å²) in [5, 5.41) is 19.4. The monoisotopic (exact) mass is 271 g/mol. The first-order valence-electron chi connectivity index (χ1n) is 6.51. The highest BCUT2D eigenvalue weighted by molar-refractivity contribution is 5.90. The molecule has 3 heterocycles. The van der Waals surface area contributed by atoms with E-state index in [1.54, 1.807) is 0 Å². The summed E-state index contributed by atoms with van der Waals surface area (Å²) in [6, 6.07) is 8.47. The van der Waals surface area contributed by atoms with E-state index in [-0.39, 0.29) is 6.04 Å². The lowest BCUT2D eigenvalue weighted by Gasteiger charge is -2.05. The summed E-state index contributed by atoms with van der Waals surface area (Å²) in [5.74, 6) is 0.406. The van der Waals surface area contributed by atoms with Gasteiger partial charge in [-0.05, 0) is 12.5 Å². The molecule has 0 amide bonds. The molecule has 1 atom stereocenters. The number of nitrogens with zero attached hydrogens (tertiary/aromatic N) is 3. The highest BCUT2D eigenvalue weighted by Gasteiger charge is 2.19. The summed E-state index contributed by atoms with van der Waals surface area (Å²) < 4.78 is 10.9. The first-order chi connectivity index (χ1) is 9.90. The maximum absolute atomic E-state index is 5.63. The second kappa shape index (κ2) is 4.61. The number of H-pyrrole nitrogens is 1. The minimum Gasteiger partial charge on any atom is -0.402 e. The number of fused-ring (bicyclic) bond motifs is 1. The Kier molecular flexibility index (Phi) is 2.63. The second-order valence-corrected chi connectivity index (χ2v) is 4.74. The number of ether oxygens (including phenoxy) is 1. The molecule has 2 N–H and O–H groups in total. The lowest BCUT2D eigenvalue weighted by Crippen LogP contribution is -2.18. The molecule has 3 aromatic rings. The number of aromatic amines is 1. The molecule has 102 valence electrons. The molecule has 1 aromatic carbocycles. The number of anilines is 1. The maximum Gasteiger partial charge on any atom is 0.316 e. The van der Waals surface area contributed by atoms with Crippen molar-refractivity contribution in [3.63, 3.8) is 0 Å². The lowest BCUT2D eigenvalue weighted by molar-refractivity contribution is 0.195. The van der Waals surface area contributed by atoms with Crippen LogP contribution in [-0.2, 0) is 4.74 Å². The van der Waals surface area contributed by atoms with E-state index in [1.807, 2.05) is 24.3 Å². The molecule has 7 nitrogen and oxygen atoms in total. The zero-order chi connectivity index (χ0) is 13.4. The van der Waals surface area contributed by atoms with Crippen LogP contribution in [0.3, 0.4) is 0 Å². The van der Waals surface area contributed by atoms with Crippen molar-refractivity contribution in [1.82, 2.24) is 20.4 Å². The fourth-order valence-electron chi connectivity index (χ4n) is 2.33. The Hall–Kier alpha value is -2.41. The van der Waals surface area contributed by atoms with Gasteiger partial charge in [-0.1, -0.05) is 23.3 Å². The van der Waals surface area contributed by atoms with Gasteiger partial charge in [0.15, 0.2) is 5.69 Å². The predicted octanol–water partition coefficient (Wildman–Crippen LogP) is 1.81. The van der Waals surface area contributed by atoms with Crippen LogP contribution < -0.4 is 5.32 Å². The molecule has 1 aliphatic heterocycles. The largest absolute Gasteiger partial charge is 0.402 e. The van der Waals surface area contributed by atoms with Gasteiger partial charge in [-0.2, -0.15) is 5.10 Å². The molecule has 1 saturated heterocycles. The number of aromatic nitrogens is 4. The summed E-state index contributed by atoms with van der Waals surface area (Å²) in [5.41, 5.74) is 1.61. The predicted molar refractivity (Wildman–Crippen MR) is 72.2 cm³/mol. The molecule has 1 unspecified atom stereocenters. The number of hydrogen-bond donors (Lipinski definition) is 2. The maximum atomic E-state index is 5.63. The smallest absolute Gasteiger partial charge is 0.316 e. The van der Waals surface area contributed by atoms with Crippen LogP contribution in [0.4, 0.5) is 6.01 Å². The van der Waals surface area contributed by atoms with Gasteiger partial charge in [-0.3, -0.25) is 5.10 Å². The first kappa shape index (κ1) is 11.4. The molecule has 7 heteroatoms. The Morgan fingerprint density at radius 1 is 1.25 bits per heavy atom. The summed E-state index contributed by atoms with van der Waals surface area (Å²) in [6.07, 6.45) is 0.947. The fraction of sp³-hybridized carbons (Fsp3) is 0.308. The van der Waals surface area contributed by atoms with Crippen molar-refractivity contribution in [2.75, 3.05) is 18.5 Å². The van der Waals surface area contributed by atoms with Gasteiger partial charge < -0.3 is 14.5 Å². The summed E-state index contributed by atoms with van der Waals surface area (Å²) in [4.78, 5) is 0. The van der Waals surface area contributed by atoms with Crippen LogP contribution in [0.1, 0.15) is 6.42 Å². The number of benzene rings is 1. The molecule has 2 aromatic heterocycles. The Bertz CT molecular complexity index is 729. The first-order valence-corrected chi connectivity index (χ1v) is 6.51. The molecule has 4 rings (SSSR count). The van der Waals surface area contributed by atoms with Gasteiger partial charge in [0.2, 0.25) is 0 Å². The van der Waals surface area contributed by atoms with Crippen molar-refractivity contribution >= 4 is 16.9 Å². The Labute approximate surface area is 114 Å². The standard InChI is InChI=1S/C13H13N5O2/c1-2-4-10-9(3-1)11(16-15-10)12-17-18-13(20-12)14-8-5-6-19-7-8/h1-4,8H,5-7H2,(H,14,18)(H,15,16). The van der Waals surface area contributed by atoms with E-state index in [1.165, 1.54) is 0 Å². The quantitative estimate of drug-likeness (QED) is 0.755. The lowest BCUT2D eigenvalue weighted by atomic mass is 10.2. The van der Waals surface area contributed by atoms with E-state index in [0.717, 1.165) is 23.9 Å². The Morgan fingerprint density at radius 3 is 3.10 bits per heavy atom. The van der Waals surface area contributed by atoms with Gasteiger partial charge in [0.25, 0.3) is 5.89 Å². The highest BCUT2D eigenvalue weighted by Crippen LogP contribution is 2.26. The van der Waals surface area contributed by atoms with E-state index in [2.05, 4.69) is 25.7 Å². The van der Waals surface area contributed by atoms with E-state index in [0.29, 0.717) is 24.2 Å². The van der Waals surface area contributed by atoms with Gasteiger partial charge in [0.1, 0.15) is 0 Å². The van der Waals surface area contributed by atoms with E-state index in [9.17, 15) is 0 Å². The van der Waals surface area contributed by atoms with Gasteiger partial charge in [-0.25, -0.2) is 0 Å². The third-order valence-corrected chi connectivity index (χ3v) is 3.36. The highest BCUT2D eigenvalue weighted by atomic mass is 16.5. The molecular weight excluding hydrogens is 258 g/mol. The number of nitrogens with one attached hydrogen (secondary N) is 2. The van der Waals surface area contributed by atoms with Gasteiger partial charge >= 0.3 is 6.01 Å². The van der Waals surface area contributed by atoms with E-state index >= 15 is 0 Å². The minimum absolute atomic E-state index is 0.235. The van der Waals surface area contributed by atoms with Crippen LogP contribution in [0.15, 0.2) is 28.7 Å². The van der Waals surface area contributed by atoms with Crippen molar-refractivity contribution in [3.8, 4) is 11.6 Å². The van der Waals surface area contributed by atoms with Crippen molar-refractivity contribution in [1.29, 1.82) is 0 Å². The van der Waals surface area contributed by atoms with Crippen molar-refractivity contribution in [2.45, 2.75) is 12.5 Å². The van der Waals surface area contributed by atoms with Crippen molar-refractivity contribution < 1.29 is 9.15 Å². The van der Waals surface area contributed by atoms with Gasteiger partial charge in [-0.15, -0.1) is 5.10 Å². The normalized spacial score (nSPS) is 18.7. The molecule has 0 radical (unpaired) electrons. The molecule has 0 bridgehead atoms. The van der Waals surface area contributed by atoms with Crippen LogP contribution in [-0.4, -0.2) is 39.7 Å². The fourth-order valence-corrected chi connectivity index (χ4v) is 2.33. The van der Waals surface area contributed by atoms with E-state index < -0.39 is 0 Å². The van der Waals surface area contributed by atoms with Crippen molar-refractivity contribution in [3.05, 3.63) is 24.3 Å². The van der Waals surface area contributed by atoms with Crippen LogP contribution >= 0.6 is 0 Å². The molecule has 0 saturated carbocycles. The number of para-hydroxylation sites is 1. The van der Waals surface area contributed by atoms with Crippen LogP contribution in [0.25, 0.3) is 22.5 Å². The average Bonchev–Trinajstić information content (AvgIpc) is 3.18. The van der Waals surface area contributed by atoms with Crippen LogP contribution in [0, 0.1) is 0 Å². The molecular formula is C13H13N5O2. The second-order valence-electron chi connectivity index (χ2n) is 4.74. The molecule has 1 fully saturated rings. The summed E-state index contributed by atoms with van der Waals surface area (Å²) in [6.45, 7) is 1.44. The average molecular weight is 271 g/mol. The van der Waals surface area contributed by atoms with E-state index in [4.69, 9.17) is 9.15 Å². The minimum atomic E-state index is 0.235. The Balaban J connectivity index is 1.64. The summed E-state index contributed by atoms with van der Waals surface area (Å²) in [7, 11) is 0. The van der Waals surface area contributed by atoms with Crippen LogP contribution in [0.5, 0.6) is 0 Å². The molecule has 1 aliphatic rings. The summed E-state index contributed by atoms with van der Waals surface area (Å²) >= 11 is 0. The number of rotatable bonds is 3. The van der Waals surface area contributed by atoms with Gasteiger partial charge in [0, 0.05) is 12.0 Å². The van der Waals surface area contributed by atoms with Crippen molar-refractivity contribution in [2.24, 2.45) is 0 Å². The SMILES string of the molecule is c1ccc2c(-c3nnc(NC4CCOC4)o3)n[nH]c2c1. The Morgan fingerprint density at radius 2 is 2.20 bits per heavy atom. The molecule has 20 heavy (non-hydrogen) atoms.